The second-order valence-electron chi connectivity index (χ2n) is 4.54. The molecular formula is C14H18ClNO. The number of amides is 1. The van der Waals surface area contributed by atoms with E-state index in [1.165, 1.54) is 0 Å². The third-order valence-electron chi connectivity index (χ3n) is 3.04. The molecule has 1 amide bonds. The van der Waals surface area contributed by atoms with E-state index < -0.39 is 5.38 Å². The lowest BCUT2D eigenvalue weighted by atomic mass is 10.1. The molecule has 0 radical (unpaired) electrons. The van der Waals surface area contributed by atoms with Crippen molar-refractivity contribution in [3.05, 3.63) is 35.9 Å². The van der Waals surface area contributed by atoms with Crippen molar-refractivity contribution in [2.45, 2.75) is 37.6 Å². The third kappa shape index (κ3) is 3.01. The first-order valence-corrected chi connectivity index (χ1v) is 6.67. The summed E-state index contributed by atoms with van der Waals surface area (Å²) in [5, 5.41) is -0.539. The largest absolute Gasteiger partial charge is 0.338 e. The van der Waals surface area contributed by atoms with E-state index in [0.717, 1.165) is 31.4 Å². The van der Waals surface area contributed by atoms with Crippen LogP contribution in [0.25, 0.3) is 0 Å². The maximum absolute atomic E-state index is 12.3. The molecule has 1 saturated carbocycles. The van der Waals surface area contributed by atoms with Gasteiger partial charge in [-0.2, -0.15) is 0 Å². The van der Waals surface area contributed by atoms with Gasteiger partial charge in [0.1, 0.15) is 5.38 Å². The minimum atomic E-state index is -0.539. The standard InChI is InChI=1S/C14H18ClNO/c1-2-10-16(12-8-9-12)14(17)13(15)11-6-4-3-5-7-11/h3-7,12-13H,2,8-10H2,1H3. The highest BCUT2D eigenvalue weighted by atomic mass is 35.5. The number of carbonyl (C=O) groups is 1. The predicted molar refractivity (Wildman–Crippen MR) is 70.1 cm³/mol. The van der Waals surface area contributed by atoms with Crippen molar-refractivity contribution in [3.8, 4) is 0 Å². The van der Waals surface area contributed by atoms with Crippen LogP contribution in [0.4, 0.5) is 0 Å². The van der Waals surface area contributed by atoms with Crippen LogP contribution in [-0.4, -0.2) is 23.4 Å². The zero-order chi connectivity index (χ0) is 12.3. The molecule has 1 aliphatic carbocycles. The Morgan fingerprint density at radius 3 is 2.59 bits per heavy atom. The van der Waals surface area contributed by atoms with Crippen molar-refractivity contribution in [2.24, 2.45) is 0 Å². The van der Waals surface area contributed by atoms with Crippen LogP contribution in [0.15, 0.2) is 30.3 Å². The molecule has 3 heteroatoms. The molecule has 1 unspecified atom stereocenters. The molecule has 1 atom stereocenters. The molecule has 1 fully saturated rings. The van der Waals surface area contributed by atoms with Gasteiger partial charge < -0.3 is 4.90 Å². The normalized spacial score (nSPS) is 16.6. The first-order valence-electron chi connectivity index (χ1n) is 6.23. The Balaban J connectivity index is 2.07. The Morgan fingerprint density at radius 1 is 1.41 bits per heavy atom. The monoisotopic (exact) mass is 251 g/mol. The van der Waals surface area contributed by atoms with Crippen molar-refractivity contribution in [1.29, 1.82) is 0 Å². The van der Waals surface area contributed by atoms with E-state index >= 15 is 0 Å². The Hall–Kier alpha value is -1.02. The van der Waals surface area contributed by atoms with Gasteiger partial charge in [0.25, 0.3) is 0 Å². The molecule has 0 bridgehead atoms. The molecule has 0 heterocycles. The zero-order valence-electron chi connectivity index (χ0n) is 10.1. The van der Waals surface area contributed by atoms with Gasteiger partial charge in [-0.05, 0) is 24.8 Å². The molecule has 0 saturated heterocycles. The van der Waals surface area contributed by atoms with Gasteiger partial charge in [-0.15, -0.1) is 11.6 Å². The number of rotatable bonds is 5. The molecule has 2 rings (SSSR count). The van der Waals surface area contributed by atoms with E-state index in [2.05, 4.69) is 6.92 Å². The fraction of sp³-hybridized carbons (Fsp3) is 0.500. The van der Waals surface area contributed by atoms with Crippen LogP contribution in [0.5, 0.6) is 0 Å². The van der Waals surface area contributed by atoms with Gasteiger partial charge in [0.05, 0.1) is 0 Å². The number of alkyl halides is 1. The smallest absolute Gasteiger partial charge is 0.245 e. The number of hydrogen-bond donors (Lipinski definition) is 0. The van der Waals surface area contributed by atoms with Gasteiger partial charge in [0.15, 0.2) is 0 Å². The molecule has 1 aromatic carbocycles. The molecule has 1 aliphatic rings. The Morgan fingerprint density at radius 2 is 2.06 bits per heavy atom. The highest BCUT2D eigenvalue weighted by Gasteiger charge is 2.34. The number of nitrogens with zero attached hydrogens (tertiary/aromatic N) is 1. The molecule has 17 heavy (non-hydrogen) atoms. The van der Waals surface area contributed by atoms with Crippen LogP contribution in [-0.2, 0) is 4.79 Å². The quantitative estimate of drug-likeness (QED) is 0.735. The summed E-state index contributed by atoms with van der Waals surface area (Å²) in [4.78, 5) is 14.3. The summed E-state index contributed by atoms with van der Waals surface area (Å²) >= 11 is 6.27. The predicted octanol–water partition coefficient (Wildman–Crippen LogP) is 3.37. The molecule has 0 N–H and O–H groups in total. The zero-order valence-corrected chi connectivity index (χ0v) is 10.9. The number of benzene rings is 1. The van der Waals surface area contributed by atoms with Crippen LogP contribution in [0.2, 0.25) is 0 Å². The number of carbonyl (C=O) groups excluding carboxylic acids is 1. The van der Waals surface area contributed by atoms with Crippen LogP contribution in [0, 0.1) is 0 Å². The Kier molecular flexibility index (Phi) is 4.06. The lowest BCUT2D eigenvalue weighted by molar-refractivity contribution is -0.131. The minimum absolute atomic E-state index is 0.0576. The average molecular weight is 252 g/mol. The van der Waals surface area contributed by atoms with Crippen molar-refractivity contribution < 1.29 is 4.79 Å². The van der Waals surface area contributed by atoms with E-state index in [4.69, 9.17) is 11.6 Å². The Labute approximate surface area is 108 Å². The highest BCUT2D eigenvalue weighted by Crippen LogP contribution is 2.31. The van der Waals surface area contributed by atoms with Crippen LogP contribution < -0.4 is 0 Å². The molecule has 0 spiro atoms. The molecule has 0 aliphatic heterocycles. The van der Waals surface area contributed by atoms with Crippen LogP contribution >= 0.6 is 11.6 Å². The topological polar surface area (TPSA) is 20.3 Å². The second kappa shape index (κ2) is 5.54. The van der Waals surface area contributed by atoms with Crippen molar-refractivity contribution in [3.63, 3.8) is 0 Å². The summed E-state index contributed by atoms with van der Waals surface area (Å²) < 4.78 is 0. The SMILES string of the molecule is CCCN(C(=O)C(Cl)c1ccccc1)C1CC1. The van der Waals surface area contributed by atoms with Gasteiger partial charge in [-0.3, -0.25) is 4.79 Å². The second-order valence-corrected chi connectivity index (χ2v) is 4.97. The number of hydrogen-bond acceptors (Lipinski definition) is 1. The highest BCUT2D eigenvalue weighted by molar-refractivity contribution is 6.30. The van der Waals surface area contributed by atoms with Gasteiger partial charge in [0.2, 0.25) is 5.91 Å². The summed E-state index contributed by atoms with van der Waals surface area (Å²) in [6.07, 6.45) is 3.24. The van der Waals surface area contributed by atoms with Crippen LogP contribution in [0.3, 0.4) is 0 Å². The molecule has 2 nitrogen and oxygen atoms in total. The summed E-state index contributed by atoms with van der Waals surface area (Å²) in [5.41, 5.74) is 0.890. The molecular weight excluding hydrogens is 234 g/mol. The van der Waals surface area contributed by atoms with E-state index in [9.17, 15) is 4.79 Å². The first kappa shape index (κ1) is 12.4. The molecule has 0 aromatic heterocycles. The molecule has 92 valence electrons. The first-order chi connectivity index (χ1) is 8.24. The fourth-order valence-electron chi connectivity index (χ4n) is 2.01. The molecule has 1 aromatic rings. The van der Waals surface area contributed by atoms with Gasteiger partial charge in [-0.25, -0.2) is 0 Å². The van der Waals surface area contributed by atoms with Crippen LogP contribution in [0.1, 0.15) is 37.1 Å². The Bertz CT molecular complexity index is 375. The van der Waals surface area contributed by atoms with Gasteiger partial charge >= 0.3 is 0 Å². The summed E-state index contributed by atoms with van der Waals surface area (Å²) in [5.74, 6) is 0.0576. The van der Waals surface area contributed by atoms with E-state index in [0.29, 0.717) is 6.04 Å². The third-order valence-corrected chi connectivity index (χ3v) is 3.48. The maximum Gasteiger partial charge on any atom is 0.245 e. The van der Waals surface area contributed by atoms with Crippen molar-refractivity contribution in [2.75, 3.05) is 6.54 Å². The lowest BCUT2D eigenvalue weighted by Crippen LogP contribution is -2.36. The van der Waals surface area contributed by atoms with E-state index in [1.807, 2.05) is 35.2 Å². The van der Waals surface area contributed by atoms with Gasteiger partial charge in [-0.1, -0.05) is 37.3 Å². The maximum atomic E-state index is 12.3. The average Bonchev–Trinajstić information content (AvgIpc) is 3.19. The minimum Gasteiger partial charge on any atom is -0.338 e. The summed E-state index contributed by atoms with van der Waals surface area (Å²) in [6, 6.07) is 10.0. The number of halogens is 1. The summed E-state index contributed by atoms with van der Waals surface area (Å²) in [6.45, 7) is 2.91. The summed E-state index contributed by atoms with van der Waals surface area (Å²) in [7, 11) is 0. The van der Waals surface area contributed by atoms with Gasteiger partial charge in [0, 0.05) is 12.6 Å². The van der Waals surface area contributed by atoms with Crippen molar-refractivity contribution in [1.82, 2.24) is 4.90 Å². The van der Waals surface area contributed by atoms with Crippen molar-refractivity contribution >= 4 is 17.5 Å². The van der Waals surface area contributed by atoms with E-state index in [-0.39, 0.29) is 5.91 Å². The fourth-order valence-corrected chi connectivity index (χ4v) is 2.28. The van der Waals surface area contributed by atoms with E-state index in [1.54, 1.807) is 0 Å². The lowest BCUT2D eigenvalue weighted by Gasteiger charge is -2.24.